The van der Waals surface area contributed by atoms with E-state index in [2.05, 4.69) is 15.0 Å². The van der Waals surface area contributed by atoms with E-state index in [0.717, 1.165) is 6.26 Å². The molecule has 3 aromatic rings. The zero-order valence-corrected chi connectivity index (χ0v) is 21.0. The minimum absolute atomic E-state index is 0.117. The zero-order valence-electron chi connectivity index (χ0n) is 18.6. The van der Waals surface area contributed by atoms with E-state index in [4.69, 9.17) is 16.3 Å². The molecule has 2 N–H and O–H groups in total. The second kappa shape index (κ2) is 9.28. The maximum Gasteiger partial charge on any atom is 0.265 e. The molecule has 0 saturated carbocycles. The number of pyridine rings is 1. The number of ether oxygens (including phenoxy) is 1. The van der Waals surface area contributed by atoms with Gasteiger partial charge in [-0.15, -0.1) is 11.3 Å². The molecule has 0 radical (unpaired) electrons. The van der Waals surface area contributed by atoms with E-state index in [1.54, 1.807) is 13.0 Å². The molecule has 7 nitrogen and oxygen atoms in total. The van der Waals surface area contributed by atoms with Crippen LogP contribution in [0, 0.1) is 12.7 Å². The van der Waals surface area contributed by atoms with Crippen molar-refractivity contribution >= 4 is 50.2 Å². The van der Waals surface area contributed by atoms with Gasteiger partial charge in [0.25, 0.3) is 5.91 Å². The number of anilines is 2. The lowest BCUT2D eigenvalue weighted by atomic mass is 10.1. The first-order valence-electron chi connectivity index (χ1n) is 9.75. The quantitative estimate of drug-likeness (QED) is 0.441. The van der Waals surface area contributed by atoms with Crippen LogP contribution in [0.1, 0.15) is 35.3 Å². The summed E-state index contributed by atoms with van der Waals surface area (Å²) >= 11 is 7.23. The molecule has 0 aliphatic heterocycles. The van der Waals surface area contributed by atoms with E-state index in [-0.39, 0.29) is 16.4 Å². The highest BCUT2D eigenvalue weighted by Gasteiger charge is 2.19. The van der Waals surface area contributed by atoms with Crippen LogP contribution in [-0.4, -0.2) is 31.2 Å². The average molecular weight is 512 g/mol. The van der Waals surface area contributed by atoms with Gasteiger partial charge in [0.15, 0.2) is 5.82 Å². The standard InChI is InChI=1S/C22H23ClFN3O4S2/c1-12-17(20-18(24)9-16(11-25-20)31-22(2,3)4)10-19(32-12)21(28)26-14-6-13(23)7-15(8-14)27-33(5,29)30/h6-11,27H,1-5H3,(H,26,28). The first kappa shape index (κ1) is 24.9. The number of benzene rings is 1. The van der Waals surface area contributed by atoms with Crippen molar-refractivity contribution in [1.29, 1.82) is 0 Å². The van der Waals surface area contributed by atoms with Crippen LogP contribution >= 0.6 is 22.9 Å². The number of nitrogens with zero attached hydrogens (tertiary/aromatic N) is 1. The van der Waals surface area contributed by atoms with Gasteiger partial charge in [-0.05, 0) is 52.0 Å². The monoisotopic (exact) mass is 511 g/mol. The minimum Gasteiger partial charge on any atom is -0.486 e. The molecule has 0 spiro atoms. The number of nitrogens with one attached hydrogen (secondary N) is 2. The van der Waals surface area contributed by atoms with E-state index in [0.29, 0.717) is 26.8 Å². The van der Waals surface area contributed by atoms with Gasteiger partial charge in [0.05, 0.1) is 23.0 Å². The number of hydrogen-bond acceptors (Lipinski definition) is 6. The Kier molecular flexibility index (Phi) is 7.01. The van der Waals surface area contributed by atoms with Gasteiger partial charge in [-0.3, -0.25) is 9.52 Å². The Morgan fingerprint density at radius 3 is 2.42 bits per heavy atom. The second-order valence-corrected chi connectivity index (χ2v) is 11.8. The fraction of sp³-hybridized carbons (Fsp3) is 0.273. The number of carbonyl (C=O) groups excluding carboxylic acids is 1. The first-order chi connectivity index (χ1) is 15.2. The molecule has 0 aliphatic rings. The van der Waals surface area contributed by atoms with Crippen molar-refractivity contribution < 1.29 is 22.3 Å². The maximum absolute atomic E-state index is 14.8. The number of aromatic nitrogens is 1. The van der Waals surface area contributed by atoms with Crippen LogP contribution in [0.3, 0.4) is 0 Å². The van der Waals surface area contributed by atoms with Gasteiger partial charge >= 0.3 is 0 Å². The van der Waals surface area contributed by atoms with Gasteiger partial charge in [-0.2, -0.15) is 0 Å². The zero-order chi connectivity index (χ0) is 24.6. The summed E-state index contributed by atoms with van der Waals surface area (Å²) in [7, 11) is -3.51. The van der Waals surface area contributed by atoms with Gasteiger partial charge in [-0.25, -0.2) is 17.8 Å². The number of hydrogen-bond donors (Lipinski definition) is 2. The van der Waals surface area contributed by atoms with E-state index in [9.17, 15) is 17.6 Å². The van der Waals surface area contributed by atoms with Crippen molar-refractivity contribution in [3.8, 4) is 17.0 Å². The van der Waals surface area contributed by atoms with E-state index >= 15 is 0 Å². The summed E-state index contributed by atoms with van der Waals surface area (Å²) < 4.78 is 45.7. The average Bonchev–Trinajstić information content (AvgIpc) is 3.00. The van der Waals surface area contributed by atoms with Gasteiger partial charge in [0, 0.05) is 27.2 Å². The highest BCUT2D eigenvalue weighted by molar-refractivity contribution is 7.92. The van der Waals surface area contributed by atoms with Crippen LogP contribution < -0.4 is 14.8 Å². The lowest BCUT2D eigenvalue weighted by Crippen LogP contribution is -2.23. The molecule has 2 heterocycles. The molecular formula is C22H23ClFN3O4S2. The first-order valence-corrected chi connectivity index (χ1v) is 12.8. The molecule has 3 rings (SSSR count). The van der Waals surface area contributed by atoms with Crippen LogP contribution in [0.5, 0.6) is 5.75 Å². The minimum atomic E-state index is -3.51. The Morgan fingerprint density at radius 2 is 1.82 bits per heavy atom. The molecule has 0 bridgehead atoms. The fourth-order valence-corrected chi connectivity index (χ4v) is 4.68. The topological polar surface area (TPSA) is 97.4 Å². The summed E-state index contributed by atoms with van der Waals surface area (Å²) in [5, 5.41) is 2.93. The van der Waals surface area contributed by atoms with Crippen molar-refractivity contribution in [1.82, 2.24) is 4.98 Å². The van der Waals surface area contributed by atoms with Crippen molar-refractivity contribution in [2.24, 2.45) is 0 Å². The maximum atomic E-state index is 14.8. The lowest BCUT2D eigenvalue weighted by molar-refractivity contribution is 0.103. The normalized spacial score (nSPS) is 11.8. The van der Waals surface area contributed by atoms with Crippen molar-refractivity contribution in [2.45, 2.75) is 33.3 Å². The van der Waals surface area contributed by atoms with Gasteiger partial charge in [0.1, 0.15) is 17.0 Å². The second-order valence-electron chi connectivity index (χ2n) is 8.35. The summed E-state index contributed by atoms with van der Waals surface area (Å²) in [6, 6.07) is 7.19. The predicted octanol–water partition coefficient (Wildman–Crippen LogP) is 5.71. The smallest absolute Gasteiger partial charge is 0.265 e. The van der Waals surface area contributed by atoms with Gasteiger partial charge < -0.3 is 10.1 Å². The highest BCUT2D eigenvalue weighted by atomic mass is 35.5. The van der Waals surface area contributed by atoms with E-state index in [1.807, 2.05) is 20.8 Å². The molecule has 0 fully saturated rings. The van der Waals surface area contributed by atoms with Crippen LogP contribution in [0.25, 0.3) is 11.3 Å². The predicted molar refractivity (Wildman–Crippen MR) is 130 cm³/mol. The van der Waals surface area contributed by atoms with Crippen LogP contribution in [-0.2, 0) is 10.0 Å². The SMILES string of the molecule is Cc1sc(C(=O)Nc2cc(Cl)cc(NS(C)(=O)=O)c2)cc1-c1ncc(OC(C)(C)C)cc1F. The van der Waals surface area contributed by atoms with Crippen LogP contribution in [0.4, 0.5) is 15.8 Å². The summed E-state index contributed by atoms with van der Waals surface area (Å²) in [5.74, 6) is -0.694. The third-order valence-corrected chi connectivity index (χ3v) is 5.97. The highest BCUT2D eigenvalue weighted by Crippen LogP contribution is 2.33. The fourth-order valence-electron chi connectivity index (χ4n) is 2.98. The summed E-state index contributed by atoms with van der Waals surface area (Å²) in [4.78, 5) is 18.0. The molecule has 0 saturated heterocycles. The molecule has 1 aromatic carbocycles. The van der Waals surface area contributed by atoms with Crippen molar-refractivity contribution in [3.05, 3.63) is 57.1 Å². The number of amides is 1. The van der Waals surface area contributed by atoms with E-state index < -0.39 is 27.3 Å². The Bertz CT molecular complexity index is 1320. The Hall–Kier alpha value is -2.69. The lowest BCUT2D eigenvalue weighted by Gasteiger charge is -2.21. The molecule has 1 amide bonds. The van der Waals surface area contributed by atoms with Crippen LogP contribution in [0.2, 0.25) is 5.02 Å². The molecule has 0 unspecified atom stereocenters. The number of carbonyl (C=O) groups is 1. The molecular weight excluding hydrogens is 489 g/mol. The Morgan fingerprint density at radius 1 is 1.15 bits per heavy atom. The number of halogens is 2. The van der Waals surface area contributed by atoms with Crippen molar-refractivity contribution in [2.75, 3.05) is 16.3 Å². The molecule has 11 heteroatoms. The van der Waals surface area contributed by atoms with Gasteiger partial charge in [0.2, 0.25) is 10.0 Å². The molecule has 176 valence electrons. The number of aryl methyl sites for hydroxylation is 1. The third-order valence-electron chi connectivity index (χ3n) is 4.10. The number of rotatable bonds is 6. The Balaban J connectivity index is 1.84. The van der Waals surface area contributed by atoms with E-state index in [1.165, 1.54) is 41.8 Å². The molecule has 0 aliphatic carbocycles. The molecule has 2 aromatic heterocycles. The number of thiophene rings is 1. The van der Waals surface area contributed by atoms with Crippen LogP contribution in [0.15, 0.2) is 36.5 Å². The van der Waals surface area contributed by atoms with Gasteiger partial charge in [-0.1, -0.05) is 11.6 Å². The summed E-state index contributed by atoms with van der Waals surface area (Å²) in [6.45, 7) is 7.33. The largest absolute Gasteiger partial charge is 0.486 e. The van der Waals surface area contributed by atoms with Crippen molar-refractivity contribution in [3.63, 3.8) is 0 Å². The summed E-state index contributed by atoms with van der Waals surface area (Å²) in [6.07, 6.45) is 2.46. The molecule has 33 heavy (non-hydrogen) atoms. The molecule has 0 atom stereocenters. The summed E-state index contributed by atoms with van der Waals surface area (Å²) in [5.41, 5.74) is 0.643. The number of sulfonamides is 1. The Labute approximate surface area is 201 Å². The third kappa shape index (κ3) is 6.89.